The zero-order valence-electron chi connectivity index (χ0n) is 17.3. The van der Waals surface area contributed by atoms with Crippen LogP contribution in [0.2, 0.25) is 0 Å². The summed E-state index contributed by atoms with van der Waals surface area (Å²) in [4.78, 5) is 12.8. The first-order chi connectivity index (χ1) is 14.1. The Bertz CT molecular complexity index is 864. The zero-order valence-corrected chi connectivity index (χ0v) is 19.7. The van der Waals surface area contributed by atoms with Gasteiger partial charge < -0.3 is 5.11 Å². The molecule has 4 rings (SSSR count). The summed E-state index contributed by atoms with van der Waals surface area (Å²) in [6.45, 7) is 2.24. The molecule has 4 saturated carbocycles. The fourth-order valence-corrected chi connectivity index (χ4v) is 9.28. The number of aliphatic hydroxyl groups is 1. The molecule has 4 aliphatic rings. The predicted octanol–water partition coefficient (Wildman–Crippen LogP) is 4.29. The van der Waals surface area contributed by atoms with E-state index in [-0.39, 0.29) is 22.9 Å². The van der Waals surface area contributed by atoms with Crippen molar-refractivity contribution in [2.45, 2.75) is 70.3 Å². The molecule has 0 aromatic heterocycles. The zero-order chi connectivity index (χ0) is 21.7. The minimum absolute atomic E-state index is 0.0304. The third kappa shape index (κ3) is 4.20. The van der Waals surface area contributed by atoms with E-state index in [4.69, 9.17) is 16.2 Å². The highest BCUT2D eigenvalue weighted by Crippen LogP contribution is 2.64. The molecule has 0 radical (unpaired) electrons. The number of carbonyl (C=O) groups excluding carboxylic acids is 1. The van der Waals surface area contributed by atoms with Gasteiger partial charge in [0.05, 0.1) is 5.75 Å². The van der Waals surface area contributed by atoms with Crippen LogP contribution >= 0.6 is 22.4 Å². The topological polar surface area (TPSA) is 91.7 Å². The van der Waals surface area contributed by atoms with Gasteiger partial charge in [0, 0.05) is 22.1 Å². The Hall–Kier alpha value is -0.260. The number of ketones is 1. The van der Waals surface area contributed by atoms with Crippen molar-refractivity contribution in [2.75, 3.05) is 5.75 Å². The van der Waals surface area contributed by atoms with E-state index in [0.29, 0.717) is 46.8 Å². The fourth-order valence-electron chi connectivity index (χ4n) is 7.84. The number of halogens is 1. The number of Topliss-reactive ketones (excluding diaryl/α,β-unsaturated/α-hetero) is 1. The summed E-state index contributed by atoms with van der Waals surface area (Å²) in [5.74, 6) is 5.41. The van der Waals surface area contributed by atoms with Gasteiger partial charge in [0.1, 0.15) is 11.4 Å². The molecule has 4 aliphatic carbocycles. The van der Waals surface area contributed by atoms with Gasteiger partial charge >= 0.3 is 9.15 Å². The molecule has 8 heteroatoms. The van der Waals surface area contributed by atoms with Gasteiger partial charge in [-0.1, -0.05) is 12.8 Å². The minimum atomic E-state index is -4.19. The lowest BCUT2D eigenvalue weighted by Crippen LogP contribution is -2.51. The van der Waals surface area contributed by atoms with Gasteiger partial charge in [0.15, 0.2) is 0 Å². The number of hydrogen-bond donors (Lipinski definition) is 2. The molecular formula is C22H31ClO5S2. The van der Waals surface area contributed by atoms with Crippen LogP contribution in [0.3, 0.4) is 0 Å². The first-order valence-corrected chi connectivity index (χ1v) is 14.4. The largest absolute Gasteiger partial charge is 0.378 e. The van der Waals surface area contributed by atoms with Crippen molar-refractivity contribution in [1.29, 1.82) is 0 Å². The van der Waals surface area contributed by atoms with Gasteiger partial charge in [-0.05, 0) is 104 Å². The summed E-state index contributed by atoms with van der Waals surface area (Å²) in [6, 6.07) is 0. The molecule has 8 atom stereocenters. The number of carbonyl (C=O) groups is 1. The minimum Gasteiger partial charge on any atom is -0.378 e. The van der Waals surface area contributed by atoms with Crippen molar-refractivity contribution < 1.29 is 22.9 Å². The molecule has 0 aliphatic heterocycles. The van der Waals surface area contributed by atoms with Crippen LogP contribution in [0.25, 0.3) is 0 Å². The van der Waals surface area contributed by atoms with E-state index in [1.807, 2.05) is 0 Å². The quantitative estimate of drug-likeness (QED) is 0.358. The molecule has 0 unspecified atom stereocenters. The lowest BCUT2D eigenvalue weighted by molar-refractivity contribution is -0.129. The van der Waals surface area contributed by atoms with Gasteiger partial charge in [-0.3, -0.25) is 9.35 Å². The van der Waals surface area contributed by atoms with E-state index in [1.165, 1.54) is 0 Å². The molecule has 5 nitrogen and oxygen atoms in total. The first kappa shape index (κ1) is 22.9. The van der Waals surface area contributed by atoms with E-state index in [1.54, 1.807) is 0 Å². The second-order valence-electron chi connectivity index (χ2n) is 10.3. The van der Waals surface area contributed by atoms with Crippen LogP contribution < -0.4 is 0 Å². The Balaban J connectivity index is 1.46. The molecule has 4 fully saturated rings. The summed E-state index contributed by atoms with van der Waals surface area (Å²) in [7, 11) is -3.84. The number of rotatable bonds is 4. The fraction of sp³-hybridized carbons (Fsp3) is 0.864. The molecule has 0 bridgehead atoms. The van der Waals surface area contributed by atoms with Gasteiger partial charge in [-0.15, -0.1) is 0 Å². The maximum Gasteiger partial charge on any atom is 0.320 e. The highest BCUT2D eigenvalue weighted by molar-refractivity contribution is 8.70. The van der Waals surface area contributed by atoms with Crippen molar-refractivity contribution in [2.24, 2.45) is 40.9 Å². The molecular weight excluding hydrogens is 444 g/mol. The average molecular weight is 475 g/mol. The molecule has 0 heterocycles. The molecule has 0 aromatic rings. The van der Waals surface area contributed by atoms with Gasteiger partial charge in [-0.2, -0.15) is 8.42 Å². The SMILES string of the molecule is C[C@]12CC[C@H]3[C@@H](CC[C@H]4C[C@@](O)(C#CCl)CC[C@@H]43)[C@@H]1CC[C@@H]2C(=O)CSS(=O)(=O)O. The molecule has 0 spiro atoms. The maximum atomic E-state index is 12.8. The maximum absolute atomic E-state index is 12.8. The van der Waals surface area contributed by atoms with Crippen LogP contribution in [-0.2, 0) is 13.9 Å². The van der Waals surface area contributed by atoms with E-state index < -0.39 is 14.8 Å². The van der Waals surface area contributed by atoms with Crippen LogP contribution in [0, 0.1) is 52.2 Å². The van der Waals surface area contributed by atoms with Crippen LogP contribution in [0.15, 0.2) is 0 Å². The first-order valence-electron chi connectivity index (χ1n) is 11.1. The highest BCUT2D eigenvalue weighted by Gasteiger charge is 2.58. The Morgan fingerprint density at radius 2 is 1.83 bits per heavy atom. The van der Waals surface area contributed by atoms with Crippen LogP contribution in [0.4, 0.5) is 0 Å². The van der Waals surface area contributed by atoms with Gasteiger partial charge in [0.25, 0.3) is 0 Å². The second kappa shape index (κ2) is 8.26. The van der Waals surface area contributed by atoms with Crippen LogP contribution in [0.1, 0.15) is 64.7 Å². The summed E-state index contributed by atoms with van der Waals surface area (Å²) < 4.78 is 31.1. The third-order valence-corrected chi connectivity index (χ3v) is 11.1. The van der Waals surface area contributed by atoms with E-state index in [9.17, 15) is 18.3 Å². The molecule has 0 aromatic carbocycles. The van der Waals surface area contributed by atoms with Crippen molar-refractivity contribution in [3.05, 3.63) is 0 Å². The second-order valence-corrected chi connectivity index (χ2v) is 13.8. The lowest BCUT2D eigenvalue weighted by atomic mass is 9.49. The van der Waals surface area contributed by atoms with Gasteiger partial charge in [0.2, 0.25) is 0 Å². The summed E-state index contributed by atoms with van der Waals surface area (Å²) in [5.41, 5.74) is -1.00. The van der Waals surface area contributed by atoms with Crippen molar-refractivity contribution >= 4 is 37.3 Å². The Labute approximate surface area is 188 Å². The van der Waals surface area contributed by atoms with Crippen molar-refractivity contribution in [3.63, 3.8) is 0 Å². The number of hydrogen-bond acceptors (Lipinski definition) is 5. The third-order valence-electron chi connectivity index (χ3n) is 9.03. The predicted molar refractivity (Wildman–Crippen MR) is 118 cm³/mol. The summed E-state index contributed by atoms with van der Waals surface area (Å²) >= 11 is 5.58. The average Bonchev–Trinajstić information content (AvgIpc) is 3.02. The monoisotopic (exact) mass is 474 g/mol. The van der Waals surface area contributed by atoms with Crippen LogP contribution in [0.5, 0.6) is 0 Å². The normalized spacial score (nSPS) is 45.5. The van der Waals surface area contributed by atoms with Gasteiger partial charge in [-0.25, -0.2) is 0 Å². The Kier molecular flexibility index (Phi) is 6.31. The molecule has 2 N–H and O–H groups in total. The van der Waals surface area contributed by atoms with Crippen LogP contribution in [-0.4, -0.2) is 35.2 Å². The van der Waals surface area contributed by atoms with E-state index in [0.717, 1.165) is 51.4 Å². The molecule has 0 amide bonds. The van der Waals surface area contributed by atoms with Crippen molar-refractivity contribution in [1.82, 2.24) is 0 Å². The van der Waals surface area contributed by atoms with E-state index >= 15 is 0 Å². The molecule has 0 saturated heterocycles. The van der Waals surface area contributed by atoms with Crippen molar-refractivity contribution in [3.8, 4) is 11.3 Å². The lowest BCUT2D eigenvalue weighted by Gasteiger charge is -2.56. The highest BCUT2D eigenvalue weighted by atomic mass is 35.5. The van der Waals surface area contributed by atoms with E-state index in [2.05, 4.69) is 18.2 Å². The summed E-state index contributed by atoms with van der Waals surface area (Å²) in [5, 5.41) is 13.1. The molecule has 30 heavy (non-hydrogen) atoms. The summed E-state index contributed by atoms with van der Waals surface area (Å²) in [6.07, 6.45) is 8.60. The number of fused-ring (bicyclic) bond motifs is 5. The Morgan fingerprint density at radius 1 is 1.10 bits per heavy atom. The Morgan fingerprint density at radius 3 is 2.53 bits per heavy atom. The molecule has 168 valence electrons. The smallest absolute Gasteiger partial charge is 0.320 e. The standard InChI is InChI=1S/C22H31ClO5S2/c1-21-8-6-16-15-7-9-22(25,10-11-23)12-14(15)2-3-17(16)18(21)4-5-19(21)20(24)13-29-30(26,27)28/h14-19,25H,2-9,12-13H2,1H3,(H,26,27,28)/t14-,15-,16+,17+,18-,19+,21-,22-/m0/s1.